The Bertz CT molecular complexity index is 800. The zero-order valence-corrected chi connectivity index (χ0v) is 18.5. The summed E-state index contributed by atoms with van der Waals surface area (Å²) in [5.74, 6) is -3.28. The summed E-state index contributed by atoms with van der Waals surface area (Å²) >= 11 is 5.79. The highest BCUT2D eigenvalue weighted by Gasteiger charge is 2.38. The monoisotopic (exact) mass is 483 g/mol. The fourth-order valence-electron chi connectivity index (χ4n) is 2.66. The number of rotatable bonds is 6. The SMILES string of the molecule is CC(C)CCN(CC(=O)N1CCNCC1)C(=O)c1ccc(F)c(Cl)c1.O=C(O)C(F)(F)F. The van der Waals surface area contributed by atoms with Crippen molar-refractivity contribution in [3.8, 4) is 0 Å². The molecule has 0 spiro atoms. The van der Waals surface area contributed by atoms with Crippen LogP contribution in [0, 0.1) is 11.7 Å². The van der Waals surface area contributed by atoms with Gasteiger partial charge in [0.1, 0.15) is 12.4 Å². The summed E-state index contributed by atoms with van der Waals surface area (Å²) in [5.41, 5.74) is 0.295. The van der Waals surface area contributed by atoms with Crippen LogP contribution in [0.2, 0.25) is 5.02 Å². The van der Waals surface area contributed by atoms with Gasteiger partial charge in [-0.05, 0) is 30.5 Å². The maximum absolute atomic E-state index is 13.3. The fourth-order valence-corrected chi connectivity index (χ4v) is 2.84. The summed E-state index contributed by atoms with van der Waals surface area (Å²) in [5, 5.41) is 10.2. The number of carboxylic acids is 1. The molecule has 0 aromatic heterocycles. The van der Waals surface area contributed by atoms with E-state index in [1.165, 1.54) is 23.1 Å². The number of amides is 2. The van der Waals surface area contributed by atoms with Gasteiger partial charge in [-0.1, -0.05) is 25.4 Å². The second kappa shape index (κ2) is 12.6. The predicted molar refractivity (Wildman–Crippen MR) is 110 cm³/mol. The van der Waals surface area contributed by atoms with Crippen LogP contribution in [0.15, 0.2) is 18.2 Å². The molecule has 1 saturated heterocycles. The maximum Gasteiger partial charge on any atom is 0.490 e. The van der Waals surface area contributed by atoms with E-state index in [1.807, 2.05) is 0 Å². The Hall–Kier alpha value is -2.40. The molecule has 1 aliphatic heterocycles. The van der Waals surface area contributed by atoms with E-state index in [-0.39, 0.29) is 23.4 Å². The summed E-state index contributed by atoms with van der Waals surface area (Å²) < 4.78 is 45.1. The number of aliphatic carboxylic acids is 1. The smallest absolute Gasteiger partial charge is 0.475 e. The number of nitrogens with zero attached hydrogens (tertiary/aromatic N) is 2. The average molecular weight is 484 g/mol. The number of carboxylic acid groups (broad SMARTS) is 1. The number of nitrogens with one attached hydrogen (secondary N) is 1. The van der Waals surface area contributed by atoms with Crippen LogP contribution in [0.4, 0.5) is 17.6 Å². The van der Waals surface area contributed by atoms with Gasteiger partial charge in [0.25, 0.3) is 5.91 Å². The molecule has 7 nitrogen and oxygen atoms in total. The van der Waals surface area contributed by atoms with Gasteiger partial charge < -0.3 is 20.2 Å². The van der Waals surface area contributed by atoms with E-state index in [0.29, 0.717) is 31.1 Å². The Labute approximate surface area is 188 Å². The van der Waals surface area contributed by atoms with Crippen molar-refractivity contribution in [1.29, 1.82) is 0 Å². The molecule has 0 atom stereocenters. The van der Waals surface area contributed by atoms with E-state index in [1.54, 1.807) is 4.90 Å². The molecular formula is C20H26ClF4N3O4. The number of hydrogen-bond acceptors (Lipinski definition) is 4. The number of benzene rings is 1. The summed E-state index contributed by atoms with van der Waals surface area (Å²) in [6.07, 6.45) is -4.30. The fraction of sp³-hybridized carbons (Fsp3) is 0.550. The van der Waals surface area contributed by atoms with Crippen molar-refractivity contribution in [3.63, 3.8) is 0 Å². The van der Waals surface area contributed by atoms with Gasteiger partial charge >= 0.3 is 12.1 Å². The molecule has 0 saturated carbocycles. The third kappa shape index (κ3) is 9.39. The highest BCUT2D eigenvalue weighted by molar-refractivity contribution is 6.31. The van der Waals surface area contributed by atoms with Crippen molar-refractivity contribution in [2.45, 2.75) is 26.4 Å². The van der Waals surface area contributed by atoms with Crippen LogP contribution in [0.25, 0.3) is 0 Å². The molecule has 2 rings (SSSR count). The van der Waals surface area contributed by atoms with Gasteiger partial charge in [-0.15, -0.1) is 0 Å². The van der Waals surface area contributed by atoms with Gasteiger partial charge in [0.15, 0.2) is 0 Å². The van der Waals surface area contributed by atoms with Crippen molar-refractivity contribution in [2.75, 3.05) is 39.3 Å². The first kappa shape index (κ1) is 27.6. The van der Waals surface area contributed by atoms with E-state index >= 15 is 0 Å². The molecular weight excluding hydrogens is 458 g/mol. The first-order valence-corrected chi connectivity index (χ1v) is 10.2. The molecule has 1 aromatic rings. The third-order valence-electron chi connectivity index (χ3n) is 4.47. The summed E-state index contributed by atoms with van der Waals surface area (Å²) in [6.45, 7) is 7.45. The van der Waals surface area contributed by atoms with Crippen LogP contribution in [-0.4, -0.2) is 78.1 Å². The minimum atomic E-state index is -5.08. The predicted octanol–water partition coefficient (Wildman–Crippen LogP) is 3.03. The van der Waals surface area contributed by atoms with Gasteiger partial charge in [-0.2, -0.15) is 13.2 Å². The zero-order chi connectivity index (χ0) is 24.5. The number of hydrogen-bond donors (Lipinski definition) is 2. The molecule has 180 valence electrons. The van der Waals surface area contributed by atoms with Crippen molar-refractivity contribution in [1.82, 2.24) is 15.1 Å². The van der Waals surface area contributed by atoms with E-state index in [9.17, 15) is 27.2 Å². The molecule has 1 heterocycles. The Kier molecular flexibility index (Phi) is 10.9. The molecule has 0 aliphatic carbocycles. The molecule has 1 aliphatic rings. The van der Waals surface area contributed by atoms with E-state index < -0.39 is 18.0 Å². The van der Waals surface area contributed by atoms with Crippen molar-refractivity contribution < 1.29 is 37.1 Å². The number of halogens is 5. The van der Waals surface area contributed by atoms with Crippen LogP contribution < -0.4 is 5.32 Å². The molecule has 0 unspecified atom stereocenters. The van der Waals surface area contributed by atoms with Gasteiger partial charge in [0.2, 0.25) is 5.91 Å². The standard InChI is InChI=1S/C18H25ClFN3O2.C2HF3O2/c1-13(2)5-8-23(12-17(24)22-9-6-21-7-10-22)18(25)14-3-4-16(20)15(19)11-14;3-2(4,5)1(6)7/h3-4,11,13,21H,5-10,12H2,1-2H3;(H,6,7). The summed E-state index contributed by atoms with van der Waals surface area (Å²) in [4.78, 5) is 37.5. The Balaban J connectivity index is 0.000000633. The normalized spacial score (nSPS) is 13.9. The summed E-state index contributed by atoms with van der Waals surface area (Å²) in [6, 6.07) is 3.90. The molecule has 0 radical (unpaired) electrons. The van der Waals surface area contributed by atoms with Crippen LogP contribution in [-0.2, 0) is 9.59 Å². The average Bonchev–Trinajstić information content (AvgIpc) is 2.72. The van der Waals surface area contributed by atoms with Crippen LogP contribution in [0.1, 0.15) is 30.6 Å². The molecule has 1 fully saturated rings. The second-order valence-electron chi connectivity index (χ2n) is 7.47. The first-order chi connectivity index (χ1) is 14.8. The van der Waals surface area contributed by atoms with E-state index in [2.05, 4.69) is 19.2 Å². The summed E-state index contributed by atoms with van der Waals surface area (Å²) in [7, 11) is 0. The molecule has 0 bridgehead atoms. The van der Waals surface area contributed by atoms with Gasteiger partial charge in [-0.25, -0.2) is 9.18 Å². The third-order valence-corrected chi connectivity index (χ3v) is 4.76. The Morgan fingerprint density at radius 2 is 1.78 bits per heavy atom. The van der Waals surface area contributed by atoms with Crippen molar-refractivity contribution in [2.24, 2.45) is 5.92 Å². The van der Waals surface area contributed by atoms with E-state index in [4.69, 9.17) is 21.5 Å². The van der Waals surface area contributed by atoms with Crippen LogP contribution >= 0.6 is 11.6 Å². The van der Waals surface area contributed by atoms with Crippen molar-refractivity contribution >= 4 is 29.4 Å². The molecule has 12 heteroatoms. The van der Waals surface area contributed by atoms with Gasteiger partial charge in [-0.3, -0.25) is 9.59 Å². The van der Waals surface area contributed by atoms with Gasteiger partial charge in [0, 0.05) is 38.3 Å². The number of alkyl halides is 3. The number of piperazine rings is 1. The quantitative estimate of drug-likeness (QED) is 0.607. The largest absolute Gasteiger partial charge is 0.490 e. The first-order valence-electron chi connectivity index (χ1n) is 9.85. The van der Waals surface area contributed by atoms with Crippen molar-refractivity contribution in [3.05, 3.63) is 34.6 Å². The Morgan fingerprint density at radius 3 is 2.25 bits per heavy atom. The van der Waals surface area contributed by atoms with Crippen LogP contribution in [0.3, 0.4) is 0 Å². The maximum atomic E-state index is 13.3. The Morgan fingerprint density at radius 1 is 1.22 bits per heavy atom. The number of carbonyl (C=O) groups is 3. The molecule has 1 aromatic carbocycles. The lowest BCUT2D eigenvalue weighted by Crippen LogP contribution is -2.50. The topological polar surface area (TPSA) is 90.0 Å². The molecule has 2 amide bonds. The lowest BCUT2D eigenvalue weighted by atomic mass is 10.1. The number of carbonyl (C=O) groups excluding carboxylic acids is 2. The minimum absolute atomic E-state index is 0.0283. The highest BCUT2D eigenvalue weighted by atomic mass is 35.5. The van der Waals surface area contributed by atoms with Crippen LogP contribution in [0.5, 0.6) is 0 Å². The highest BCUT2D eigenvalue weighted by Crippen LogP contribution is 2.18. The lowest BCUT2D eigenvalue weighted by Gasteiger charge is -2.30. The zero-order valence-electron chi connectivity index (χ0n) is 17.7. The van der Waals surface area contributed by atoms with E-state index in [0.717, 1.165) is 19.5 Å². The lowest BCUT2D eigenvalue weighted by molar-refractivity contribution is -0.192. The second-order valence-corrected chi connectivity index (χ2v) is 7.88. The molecule has 2 N–H and O–H groups in total. The minimum Gasteiger partial charge on any atom is -0.475 e. The van der Waals surface area contributed by atoms with Gasteiger partial charge in [0.05, 0.1) is 5.02 Å². The molecule has 32 heavy (non-hydrogen) atoms.